The molecule has 1 saturated carbocycles. The van der Waals surface area contributed by atoms with Gasteiger partial charge < -0.3 is 5.11 Å². The smallest absolute Gasteiger partial charge is 0.354 e. The Morgan fingerprint density at radius 2 is 2.12 bits per heavy atom. The van der Waals surface area contributed by atoms with E-state index in [1.54, 1.807) is 11.3 Å². The number of nitrogens with zero attached hydrogens (tertiary/aromatic N) is 3. The van der Waals surface area contributed by atoms with Gasteiger partial charge in [0, 0.05) is 17.7 Å². The fourth-order valence-corrected chi connectivity index (χ4v) is 2.22. The van der Waals surface area contributed by atoms with Gasteiger partial charge in [-0.25, -0.2) is 14.8 Å². The standard InChI is InChI=1S/C12H13N3O2/c1-6-11(12(16)17)15-7(2)14-9(8-3-4-8)5-10(15)13-6/h5,8H,3-4H2,1-2H3,(H,16,17). The Morgan fingerprint density at radius 3 is 2.71 bits per heavy atom. The molecular formula is C12H13N3O2. The van der Waals surface area contributed by atoms with Gasteiger partial charge >= 0.3 is 5.97 Å². The second kappa shape index (κ2) is 3.29. The lowest BCUT2D eigenvalue weighted by atomic mass is 10.3. The van der Waals surface area contributed by atoms with Crippen molar-refractivity contribution in [2.24, 2.45) is 0 Å². The molecule has 88 valence electrons. The van der Waals surface area contributed by atoms with Crippen LogP contribution in [0.5, 0.6) is 0 Å². The third-order valence-electron chi connectivity index (χ3n) is 3.17. The van der Waals surface area contributed by atoms with Gasteiger partial charge in [0.1, 0.15) is 11.5 Å². The topological polar surface area (TPSA) is 67.5 Å². The number of rotatable bonds is 2. The average Bonchev–Trinajstić information content (AvgIpc) is 3.01. The molecule has 17 heavy (non-hydrogen) atoms. The molecule has 1 aliphatic rings. The molecular weight excluding hydrogens is 218 g/mol. The van der Waals surface area contributed by atoms with Crippen LogP contribution < -0.4 is 0 Å². The minimum atomic E-state index is -0.959. The Balaban J connectivity index is 2.31. The minimum absolute atomic E-state index is 0.215. The molecule has 0 spiro atoms. The van der Waals surface area contributed by atoms with E-state index in [2.05, 4.69) is 9.97 Å². The molecule has 0 atom stereocenters. The van der Waals surface area contributed by atoms with Crippen LogP contribution in [0, 0.1) is 13.8 Å². The van der Waals surface area contributed by atoms with Crippen LogP contribution in [0.3, 0.4) is 0 Å². The van der Waals surface area contributed by atoms with E-state index in [9.17, 15) is 9.90 Å². The zero-order valence-corrected chi connectivity index (χ0v) is 9.77. The third-order valence-corrected chi connectivity index (χ3v) is 3.17. The van der Waals surface area contributed by atoms with Crippen LogP contribution in [-0.2, 0) is 0 Å². The molecule has 1 fully saturated rings. The molecule has 5 heteroatoms. The average molecular weight is 231 g/mol. The largest absolute Gasteiger partial charge is 0.477 e. The highest BCUT2D eigenvalue weighted by atomic mass is 16.4. The number of aromatic carboxylic acids is 1. The Labute approximate surface area is 98.1 Å². The predicted molar refractivity (Wildman–Crippen MR) is 61.4 cm³/mol. The van der Waals surface area contributed by atoms with Crippen molar-refractivity contribution in [1.29, 1.82) is 0 Å². The first-order valence-corrected chi connectivity index (χ1v) is 5.68. The van der Waals surface area contributed by atoms with Crippen molar-refractivity contribution in [3.63, 3.8) is 0 Å². The van der Waals surface area contributed by atoms with Crippen molar-refractivity contribution in [2.75, 3.05) is 0 Å². The third kappa shape index (κ3) is 1.50. The molecule has 0 unspecified atom stereocenters. The zero-order chi connectivity index (χ0) is 12.2. The summed E-state index contributed by atoms with van der Waals surface area (Å²) in [4.78, 5) is 20.0. The van der Waals surface area contributed by atoms with Gasteiger partial charge in [-0.2, -0.15) is 0 Å². The molecule has 0 amide bonds. The van der Waals surface area contributed by atoms with Crippen molar-refractivity contribution in [1.82, 2.24) is 14.4 Å². The number of aromatic nitrogens is 3. The summed E-state index contributed by atoms with van der Waals surface area (Å²) in [5.74, 6) is 0.283. The number of fused-ring (bicyclic) bond motifs is 1. The van der Waals surface area contributed by atoms with Crippen molar-refractivity contribution < 1.29 is 9.90 Å². The van der Waals surface area contributed by atoms with Crippen molar-refractivity contribution in [2.45, 2.75) is 32.6 Å². The molecule has 0 aromatic carbocycles. The van der Waals surface area contributed by atoms with E-state index in [0.29, 0.717) is 23.1 Å². The van der Waals surface area contributed by atoms with E-state index >= 15 is 0 Å². The van der Waals surface area contributed by atoms with E-state index in [0.717, 1.165) is 5.69 Å². The summed E-state index contributed by atoms with van der Waals surface area (Å²) in [6, 6.07) is 1.91. The molecule has 0 saturated heterocycles. The highest BCUT2D eigenvalue weighted by Gasteiger charge is 2.27. The Morgan fingerprint density at radius 1 is 1.41 bits per heavy atom. The predicted octanol–water partition coefficient (Wildman–Crippen LogP) is 1.92. The minimum Gasteiger partial charge on any atom is -0.477 e. The molecule has 0 bridgehead atoms. The van der Waals surface area contributed by atoms with Gasteiger partial charge in [0.25, 0.3) is 0 Å². The number of hydrogen-bond acceptors (Lipinski definition) is 3. The fraction of sp³-hybridized carbons (Fsp3) is 0.417. The Bertz CT molecular complexity index is 626. The maximum atomic E-state index is 11.2. The van der Waals surface area contributed by atoms with Crippen molar-refractivity contribution in [3.05, 3.63) is 29.0 Å². The fourth-order valence-electron chi connectivity index (χ4n) is 2.22. The zero-order valence-electron chi connectivity index (χ0n) is 9.77. The molecule has 1 aliphatic carbocycles. The van der Waals surface area contributed by atoms with Gasteiger partial charge in [0.05, 0.1) is 5.69 Å². The van der Waals surface area contributed by atoms with Gasteiger partial charge in [-0.05, 0) is 26.7 Å². The molecule has 2 aromatic heterocycles. The normalized spacial score (nSPS) is 15.4. The van der Waals surface area contributed by atoms with Crippen LogP contribution in [-0.4, -0.2) is 25.4 Å². The molecule has 0 aliphatic heterocycles. The highest BCUT2D eigenvalue weighted by molar-refractivity contribution is 5.88. The summed E-state index contributed by atoms with van der Waals surface area (Å²) >= 11 is 0. The van der Waals surface area contributed by atoms with Gasteiger partial charge in [0.15, 0.2) is 5.69 Å². The first-order valence-electron chi connectivity index (χ1n) is 5.68. The first-order chi connectivity index (χ1) is 8.08. The monoisotopic (exact) mass is 231 g/mol. The SMILES string of the molecule is Cc1nc2cc(C3CC3)nc(C)n2c1C(=O)O. The van der Waals surface area contributed by atoms with Gasteiger partial charge in [-0.15, -0.1) is 0 Å². The quantitative estimate of drug-likeness (QED) is 0.857. The lowest BCUT2D eigenvalue weighted by Gasteiger charge is -2.04. The van der Waals surface area contributed by atoms with Crippen LogP contribution in [0.25, 0.3) is 5.65 Å². The van der Waals surface area contributed by atoms with Crippen LogP contribution >= 0.6 is 0 Å². The summed E-state index contributed by atoms with van der Waals surface area (Å²) < 4.78 is 1.61. The number of carboxylic acid groups (broad SMARTS) is 1. The number of carboxylic acids is 1. The summed E-state index contributed by atoms with van der Waals surface area (Å²) in [6.07, 6.45) is 2.35. The number of imidazole rings is 1. The first kappa shape index (κ1) is 10.3. The molecule has 5 nitrogen and oxygen atoms in total. The number of carbonyl (C=O) groups is 1. The lowest BCUT2D eigenvalue weighted by Crippen LogP contribution is -2.08. The summed E-state index contributed by atoms with van der Waals surface area (Å²) in [5.41, 5.74) is 2.48. The Hall–Kier alpha value is -1.91. The Kier molecular flexibility index (Phi) is 1.98. The summed E-state index contributed by atoms with van der Waals surface area (Å²) in [5, 5.41) is 9.18. The van der Waals surface area contributed by atoms with E-state index in [1.807, 2.05) is 13.0 Å². The van der Waals surface area contributed by atoms with Crippen LogP contribution in [0.15, 0.2) is 6.07 Å². The van der Waals surface area contributed by atoms with E-state index in [-0.39, 0.29) is 5.69 Å². The number of hydrogen-bond donors (Lipinski definition) is 1. The van der Waals surface area contributed by atoms with Crippen LogP contribution in [0.4, 0.5) is 0 Å². The highest BCUT2D eigenvalue weighted by Crippen LogP contribution is 2.39. The van der Waals surface area contributed by atoms with Gasteiger partial charge in [-0.3, -0.25) is 4.40 Å². The van der Waals surface area contributed by atoms with E-state index in [1.165, 1.54) is 12.8 Å². The maximum Gasteiger partial charge on any atom is 0.354 e. The van der Waals surface area contributed by atoms with Crippen molar-refractivity contribution in [3.8, 4) is 0 Å². The maximum absolute atomic E-state index is 11.2. The van der Waals surface area contributed by atoms with Crippen LogP contribution in [0.1, 0.15) is 46.5 Å². The lowest BCUT2D eigenvalue weighted by molar-refractivity contribution is 0.0688. The van der Waals surface area contributed by atoms with Crippen LogP contribution in [0.2, 0.25) is 0 Å². The molecule has 2 aromatic rings. The molecule has 0 radical (unpaired) electrons. The molecule has 2 heterocycles. The second-order valence-electron chi connectivity index (χ2n) is 4.55. The molecule has 3 rings (SSSR count). The second-order valence-corrected chi connectivity index (χ2v) is 4.55. The van der Waals surface area contributed by atoms with E-state index in [4.69, 9.17) is 0 Å². The van der Waals surface area contributed by atoms with E-state index < -0.39 is 5.97 Å². The summed E-state index contributed by atoms with van der Waals surface area (Å²) in [7, 11) is 0. The molecule has 1 N–H and O–H groups in total. The summed E-state index contributed by atoms with van der Waals surface area (Å²) in [6.45, 7) is 3.54. The van der Waals surface area contributed by atoms with Gasteiger partial charge in [0.2, 0.25) is 0 Å². The van der Waals surface area contributed by atoms with Crippen molar-refractivity contribution >= 4 is 11.6 Å². The van der Waals surface area contributed by atoms with Gasteiger partial charge in [-0.1, -0.05) is 0 Å². The number of aryl methyl sites for hydroxylation is 2.